The molecule has 2 aromatic carbocycles. The lowest BCUT2D eigenvalue weighted by molar-refractivity contribution is 0.114. The van der Waals surface area contributed by atoms with Gasteiger partial charge in [-0.1, -0.05) is 35.9 Å². The van der Waals surface area contributed by atoms with Crippen LogP contribution in [-0.4, -0.2) is 27.7 Å². The van der Waals surface area contributed by atoms with E-state index in [1.54, 1.807) is 24.3 Å². The first-order valence-electron chi connectivity index (χ1n) is 6.86. The molecule has 0 amide bonds. The fourth-order valence-corrected chi connectivity index (χ4v) is 4.06. The van der Waals surface area contributed by atoms with Gasteiger partial charge in [-0.2, -0.15) is 0 Å². The lowest BCUT2D eigenvalue weighted by atomic mass is 10.1. The molecule has 2 aromatic rings. The summed E-state index contributed by atoms with van der Waals surface area (Å²) in [6.45, 7) is 1.01. The van der Waals surface area contributed by atoms with E-state index in [4.69, 9.17) is 16.3 Å². The van der Waals surface area contributed by atoms with Gasteiger partial charge in [0.1, 0.15) is 0 Å². The van der Waals surface area contributed by atoms with Crippen LogP contribution in [0.2, 0.25) is 5.02 Å². The van der Waals surface area contributed by atoms with E-state index in [1.807, 2.05) is 12.1 Å². The second-order valence-corrected chi connectivity index (χ2v) is 7.22. The Bertz CT molecular complexity index is 755. The lowest BCUT2D eigenvalue weighted by Crippen LogP contribution is -2.31. The molecule has 0 aromatic heterocycles. The van der Waals surface area contributed by atoms with Crippen LogP contribution in [0.3, 0.4) is 0 Å². The molecule has 21 heavy (non-hydrogen) atoms. The van der Waals surface area contributed by atoms with E-state index in [2.05, 4.69) is 4.72 Å². The third-order valence-electron chi connectivity index (χ3n) is 3.65. The highest BCUT2D eigenvalue weighted by Crippen LogP contribution is 2.29. The Morgan fingerprint density at radius 2 is 1.95 bits per heavy atom. The van der Waals surface area contributed by atoms with Crippen LogP contribution >= 0.6 is 11.6 Å². The molecule has 0 bridgehead atoms. The van der Waals surface area contributed by atoms with Gasteiger partial charge in [0, 0.05) is 28.9 Å². The Morgan fingerprint density at radius 3 is 2.67 bits per heavy atom. The van der Waals surface area contributed by atoms with Crippen LogP contribution in [-0.2, 0) is 14.8 Å². The molecule has 0 aliphatic carbocycles. The Morgan fingerprint density at radius 1 is 1.19 bits per heavy atom. The summed E-state index contributed by atoms with van der Waals surface area (Å²) in [4.78, 5) is 0.250. The predicted octanol–water partition coefficient (Wildman–Crippen LogP) is 2.95. The summed E-state index contributed by atoms with van der Waals surface area (Å²) in [5, 5.41) is 1.91. The van der Waals surface area contributed by atoms with Crippen LogP contribution in [0.15, 0.2) is 41.3 Å². The van der Waals surface area contributed by atoms with Crippen molar-refractivity contribution in [1.82, 2.24) is 4.72 Å². The van der Waals surface area contributed by atoms with E-state index in [0.29, 0.717) is 23.6 Å². The van der Waals surface area contributed by atoms with Gasteiger partial charge in [-0.05, 0) is 25.0 Å². The molecule has 0 unspecified atom stereocenters. The first kappa shape index (κ1) is 14.8. The second-order valence-electron chi connectivity index (χ2n) is 5.08. The third kappa shape index (κ3) is 3.06. The Hall–Kier alpha value is -1.14. The molecule has 3 rings (SSSR count). The summed E-state index contributed by atoms with van der Waals surface area (Å²) >= 11 is 6.12. The molecule has 1 N–H and O–H groups in total. The van der Waals surface area contributed by atoms with E-state index in [-0.39, 0.29) is 11.0 Å². The molecule has 0 spiro atoms. The van der Waals surface area contributed by atoms with E-state index in [9.17, 15) is 8.42 Å². The number of fused-ring (bicyclic) bond motifs is 1. The van der Waals surface area contributed by atoms with Gasteiger partial charge in [-0.15, -0.1) is 0 Å². The summed E-state index contributed by atoms with van der Waals surface area (Å²) in [6.07, 6.45) is 1.85. The number of hydrogen-bond donors (Lipinski definition) is 1. The highest BCUT2D eigenvalue weighted by molar-refractivity contribution is 7.89. The van der Waals surface area contributed by atoms with Gasteiger partial charge in [0.25, 0.3) is 0 Å². The number of sulfonamides is 1. The zero-order chi connectivity index (χ0) is 14.9. The van der Waals surface area contributed by atoms with Gasteiger partial charge in [0.15, 0.2) is 0 Å². The summed E-state index contributed by atoms with van der Waals surface area (Å²) in [5.41, 5.74) is 0. The summed E-state index contributed by atoms with van der Waals surface area (Å²) in [5.74, 6) is 0. The van der Waals surface area contributed by atoms with Crippen molar-refractivity contribution in [3.05, 3.63) is 41.4 Å². The normalized spacial score (nSPS) is 19.2. The molecule has 1 fully saturated rings. The van der Waals surface area contributed by atoms with Crippen LogP contribution < -0.4 is 4.72 Å². The fourth-order valence-electron chi connectivity index (χ4n) is 2.55. The first-order chi connectivity index (χ1) is 10.1. The average molecular weight is 326 g/mol. The average Bonchev–Trinajstić information content (AvgIpc) is 2.99. The quantitative estimate of drug-likeness (QED) is 0.940. The van der Waals surface area contributed by atoms with E-state index < -0.39 is 10.0 Å². The topological polar surface area (TPSA) is 55.4 Å². The Balaban J connectivity index is 1.93. The monoisotopic (exact) mass is 325 g/mol. The van der Waals surface area contributed by atoms with Crippen molar-refractivity contribution in [1.29, 1.82) is 0 Å². The number of rotatable bonds is 4. The van der Waals surface area contributed by atoms with Crippen molar-refractivity contribution in [3.8, 4) is 0 Å². The fraction of sp³-hybridized carbons (Fsp3) is 0.333. The van der Waals surface area contributed by atoms with Gasteiger partial charge in [-0.3, -0.25) is 0 Å². The highest BCUT2D eigenvalue weighted by atomic mass is 35.5. The zero-order valence-corrected chi connectivity index (χ0v) is 13.0. The van der Waals surface area contributed by atoms with Gasteiger partial charge >= 0.3 is 0 Å². The van der Waals surface area contributed by atoms with E-state index in [0.717, 1.165) is 18.2 Å². The third-order valence-corrected chi connectivity index (χ3v) is 5.46. The maximum atomic E-state index is 12.5. The maximum absolute atomic E-state index is 12.5. The minimum atomic E-state index is -3.58. The summed E-state index contributed by atoms with van der Waals surface area (Å²) in [6, 6.07) is 10.4. The number of nitrogens with one attached hydrogen (secondary N) is 1. The summed E-state index contributed by atoms with van der Waals surface area (Å²) in [7, 11) is -3.58. The molecule has 1 atom stereocenters. The van der Waals surface area contributed by atoms with Crippen molar-refractivity contribution in [2.75, 3.05) is 13.2 Å². The van der Waals surface area contributed by atoms with Crippen LogP contribution in [0.25, 0.3) is 10.8 Å². The molecule has 1 saturated heterocycles. The molecule has 112 valence electrons. The van der Waals surface area contributed by atoms with E-state index in [1.165, 1.54) is 0 Å². The van der Waals surface area contributed by atoms with Crippen molar-refractivity contribution in [2.24, 2.45) is 0 Å². The zero-order valence-electron chi connectivity index (χ0n) is 11.4. The smallest absolute Gasteiger partial charge is 0.241 e. The molecular weight excluding hydrogens is 310 g/mol. The number of hydrogen-bond acceptors (Lipinski definition) is 3. The largest absolute Gasteiger partial charge is 0.377 e. The molecule has 4 nitrogen and oxygen atoms in total. The van der Waals surface area contributed by atoms with Gasteiger partial charge < -0.3 is 4.74 Å². The Labute approximate surface area is 129 Å². The summed E-state index contributed by atoms with van der Waals surface area (Å²) < 4.78 is 33.1. The van der Waals surface area contributed by atoms with Crippen LogP contribution in [0.4, 0.5) is 0 Å². The molecule has 0 saturated carbocycles. The SMILES string of the molecule is O=S(=O)(NC[C@H]1CCCO1)c1ccc(Cl)c2ccccc12. The highest BCUT2D eigenvalue weighted by Gasteiger charge is 2.22. The van der Waals surface area contributed by atoms with Crippen molar-refractivity contribution >= 4 is 32.4 Å². The maximum Gasteiger partial charge on any atom is 0.241 e. The molecule has 6 heteroatoms. The van der Waals surface area contributed by atoms with Crippen LogP contribution in [0.1, 0.15) is 12.8 Å². The molecular formula is C15H16ClNO3S. The molecule has 1 heterocycles. The van der Waals surface area contributed by atoms with Gasteiger partial charge in [-0.25, -0.2) is 13.1 Å². The molecule has 0 radical (unpaired) electrons. The van der Waals surface area contributed by atoms with Crippen molar-refractivity contribution < 1.29 is 13.2 Å². The van der Waals surface area contributed by atoms with E-state index >= 15 is 0 Å². The Kier molecular flexibility index (Phi) is 4.17. The second kappa shape index (κ2) is 5.93. The first-order valence-corrected chi connectivity index (χ1v) is 8.72. The lowest BCUT2D eigenvalue weighted by Gasteiger charge is -2.13. The van der Waals surface area contributed by atoms with Gasteiger partial charge in [0.05, 0.1) is 11.0 Å². The number of ether oxygens (including phenoxy) is 1. The van der Waals surface area contributed by atoms with Crippen molar-refractivity contribution in [2.45, 2.75) is 23.8 Å². The predicted molar refractivity (Wildman–Crippen MR) is 83.1 cm³/mol. The van der Waals surface area contributed by atoms with Gasteiger partial charge in [0.2, 0.25) is 10.0 Å². The number of halogens is 1. The minimum Gasteiger partial charge on any atom is -0.377 e. The van der Waals surface area contributed by atoms with Crippen LogP contribution in [0, 0.1) is 0 Å². The van der Waals surface area contributed by atoms with Crippen LogP contribution in [0.5, 0.6) is 0 Å². The molecule has 1 aliphatic heterocycles. The number of benzene rings is 2. The van der Waals surface area contributed by atoms with Crippen molar-refractivity contribution in [3.63, 3.8) is 0 Å². The minimum absolute atomic E-state index is 0.0293. The molecule has 1 aliphatic rings. The standard InChI is InChI=1S/C15H16ClNO3S/c16-14-7-8-15(13-6-2-1-5-12(13)14)21(18,19)17-10-11-4-3-9-20-11/h1-2,5-8,11,17H,3-4,9-10H2/t11-/m1/s1.